The first-order valence-corrected chi connectivity index (χ1v) is 9.94. The SMILES string of the molecule is CC1CC(=O)c2c(Nc3ccccc3F)nn(-c3nc4ccccc4s3)c2C1. The number of nitrogens with one attached hydrogen (secondary N) is 1. The quantitative estimate of drug-likeness (QED) is 0.525. The van der Waals surface area contributed by atoms with E-state index in [9.17, 15) is 9.18 Å². The van der Waals surface area contributed by atoms with E-state index in [2.05, 4.69) is 22.3 Å². The van der Waals surface area contributed by atoms with Gasteiger partial charge in [-0.25, -0.2) is 14.1 Å². The van der Waals surface area contributed by atoms with Crippen molar-refractivity contribution in [3.63, 3.8) is 0 Å². The molecule has 2 heterocycles. The molecule has 140 valence electrons. The van der Waals surface area contributed by atoms with Crippen LogP contribution in [0.15, 0.2) is 48.5 Å². The van der Waals surface area contributed by atoms with Crippen molar-refractivity contribution in [2.24, 2.45) is 5.92 Å². The standard InChI is InChI=1S/C21H17FN4OS/c1-12-10-16-19(17(27)11-12)20(23-14-7-3-2-6-13(14)22)25-26(16)21-24-15-8-4-5-9-18(15)28-21/h2-9,12H,10-11H2,1H3,(H,23,25). The first-order valence-electron chi connectivity index (χ1n) is 9.13. The predicted octanol–water partition coefficient (Wildman–Crippen LogP) is 5.13. The number of benzene rings is 2. The number of aromatic nitrogens is 3. The van der Waals surface area contributed by atoms with Gasteiger partial charge in [-0.1, -0.05) is 42.5 Å². The van der Waals surface area contributed by atoms with Crippen molar-refractivity contribution in [3.05, 3.63) is 65.6 Å². The number of Topliss-reactive ketones (excluding diaryl/α,β-unsaturated/α-hetero) is 1. The van der Waals surface area contributed by atoms with Crippen LogP contribution in [-0.2, 0) is 6.42 Å². The van der Waals surface area contributed by atoms with Gasteiger partial charge in [-0.05, 0) is 36.6 Å². The lowest BCUT2D eigenvalue weighted by molar-refractivity contribution is 0.0953. The Bertz CT molecular complexity index is 1180. The van der Waals surface area contributed by atoms with Gasteiger partial charge in [0.15, 0.2) is 11.6 Å². The number of hydrogen-bond acceptors (Lipinski definition) is 5. The van der Waals surface area contributed by atoms with Gasteiger partial charge in [0.05, 0.1) is 27.2 Å². The van der Waals surface area contributed by atoms with Gasteiger partial charge >= 0.3 is 0 Å². The van der Waals surface area contributed by atoms with Crippen LogP contribution in [0.5, 0.6) is 0 Å². The number of halogens is 1. The Morgan fingerprint density at radius 3 is 2.75 bits per heavy atom. The molecule has 1 aliphatic carbocycles. The molecule has 0 radical (unpaired) electrons. The van der Waals surface area contributed by atoms with Crippen molar-refractivity contribution in [2.75, 3.05) is 5.32 Å². The number of carbonyl (C=O) groups is 1. The zero-order valence-corrected chi connectivity index (χ0v) is 16.0. The van der Waals surface area contributed by atoms with Crippen molar-refractivity contribution in [1.29, 1.82) is 0 Å². The van der Waals surface area contributed by atoms with Crippen LogP contribution in [0.4, 0.5) is 15.9 Å². The van der Waals surface area contributed by atoms with Crippen LogP contribution in [0.1, 0.15) is 29.4 Å². The second-order valence-corrected chi connectivity index (χ2v) is 8.10. The Balaban J connectivity index is 1.67. The first-order chi connectivity index (χ1) is 13.6. The predicted molar refractivity (Wildman–Crippen MR) is 108 cm³/mol. The molecule has 28 heavy (non-hydrogen) atoms. The molecule has 5 rings (SSSR count). The third-order valence-electron chi connectivity index (χ3n) is 4.93. The number of rotatable bonds is 3. The summed E-state index contributed by atoms with van der Waals surface area (Å²) in [5.41, 5.74) is 2.57. The molecule has 2 aromatic heterocycles. The summed E-state index contributed by atoms with van der Waals surface area (Å²) in [6.07, 6.45) is 1.19. The van der Waals surface area contributed by atoms with Crippen LogP contribution >= 0.6 is 11.3 Å². The average molecular weight is 392 g/mol. The van der Waals surface area contributed by atoms with E-state index >= 15 is 0 Å². The maximum Gasteiger partial charge on any atom is 0.211 e. The van der Waals surface area contributed by atoms with Crippen molar-refractivity contribution in [2.45, 2.75) is 19.8 Å². The summed E-state index contributed by atoms with van der Waals surface area (Å²) >= 11 is 1.52. The molecule has 4 aromatic rings. The van der Waals surface area contributed by atoms with Gasteiger partial charge in [-0.15, -0.1) is 5.10 Å². The smallest absolute Gasteiger partial charge is 0.211 e. The summed E-state index contributed by atoms with van der Waals surface area (Å²) in [7, 11) is 0. The van der Waals surface area contributed by atoms with E-state index in [1.165, 1.54) is 17.4 Å². The van der Waals surface area contributed by atoms with Crippen LogP contribution in [-0.4, -0.2) is 20.5 Å². The molecule has 0 aliphatic heterocycles. The van der Waals surface area contributed by atoms with Crippen LogP contribution in [0, 0.1) is 11.7 Å². The summed E-state index contributed by atoms with van der Waals surface area (Å²) in [6, 6.07) is 14.3. The molecule has 0 bridgehead atoms. The maximum absolute atomic E-state index is 14.1. The Morgan fingerprint density at radius 2 is 1.93 bits per heavy atom. The lowest BCUT2D eigenvalue weighted by Crippen LogP contribution is -2.19. The minimum Gasteiger partial charge on any atom is -0.336 e. The lowest BCUT2D eigenvalue weighted by Gasteiger charge is -2.18. The molecule has 1 unspecified atom stereocenters. The summed E-state index contributed by atoms with van der Waals surface area (Å²) in [6.45, 7) is 2.06. The molecular formula is C21H17FN4OS. The van der Waals surface area contributed by atoms with Gasteiger partial charge in [0.25, 0.3) is 0 Å². The largest absolute Gasteiger partial charge is 0.336 e. The van der Waals surface area contributed by atoms with E-state index in [4.69, 9.17) is 0 Å². The molecule has 1 N–H and O–H groups in total. The minimum atomic E-state index is -0.387. The highest BCUT2D eigenvalue weighted by molar-refractivity contribution is 7.20. The first kappa shape index (κ1) is 17.1. The lowest BCUT2D eigenvalue weighted by atomic mass is 9.88. The van der Waals surface area contributed by atoms with Crippen molar-refractivity contribution in [1.82, 2.24) is 14.8 Å². The third kappa shape index (κ3) is 2.79. The van der Waals surface area contributed by atoms with Gasteiger partial charge in [0, 0.05) is 6.42 Å². The number of hydrogen-bond donors (Lipinski definition) is 1. The topological polar surface area (TPSA) is 59.8 Å². The molecule has 5 nitrogen and oxygen atoms in total. The van der Waals surface area contributed by atoms with E-state index in [1.807, 2.05) is 24.3 Å². The Kier molecular flexibility index (Phi) is 3.98. The highest BCUT2D eigenvalue weighted by Gasteiger charge is 2.32. The van der Waals surface area contributed by atoms with Gasteiger partial charge in [0.1, 0.15) is 5.82 Å². The summed E-state index contributed by atoms with van der Waals surface area (Å²) in [5.74, 6) is 0.254. The number of para-hydroxylation sites is 2. The second-order valence-electron chi connectivity index (χ2n) is 7.09. The number of thiazole rings is 1. The molecule has 2 aromatic carbocycles. The second kappa shape index (κ2) is 6.53. The van der Waals surface area contributed by atoms with E-state index in [0.717, 1.165) is 22.3 Å². The van der Waals surface area contributed by atoms with Gasteiger partial charge in [-0.2, -0.15) is 0 Å². The van der Waals surface area contributed by atoms with Crippen LogP contribution in [0.25, 0.3) is 15.3 Å². The number of anilines is 2. The van der Waals surface area contributed by atoms with Crippen molar-refractivity contribution in [3.8, 4) is 5.13 Å². The Hall–Kier alpha value is -3.06. The molecule has 7 heteroatoms. The van der Waals surface area contributed by atoms with Crippen LogP contribution < -0.4 is 5.32 Å². The minimum absolute atomic E-state index is 0.0277. The number of fused-ring (bicyclic) bond motifs is 2. The maximum atomic E-state index is 14.1. The highest BCUT2D eigenvalue weighted by atomic mass is 32.1. The van der Waals surface area contributed by atoms with Crippen molar-refractivity contribution < 1.29 is 9.18 Å². The van der Waals surface area contributed by atoms with E-state index in [-0.39, 0.29) is 17.5 Å². The van der Waals surface area contributed by atoms with E-state index < -0.39 is 0 Å². The zero-order chi connectivity index (χ0) is 19.3. The molecule has 0 amide bonds. The number of nitrogens with zero attached hydrogens (tertiary/aromatic N) is 3. The molecule has 0 saturated heterocycles. The average Bonchev–Trinajstić information content (AvgIpc) is 3.25. The molecule has 1 atom stereocenters. The fourth-order valence-corrected chi connectivity index (χ4v) is 4.58. The molecule has 0 fully saturated rings. The number of carbonyl (C=O) groups excluding carboxylic acids is 1. The Labute approximate surface area is 164 Å². The molecule has 1 aliphatic rings. The fourth-order valence-electron chi connectivity index (χ4n) is 3.64. The monoisotopic (exact) mass is 392 g/mol. The normalized spacial score (nSPS) is 16.4. The highest BCUT2D eigenvalue weighted by Crippen LogP contribution is 2.35. The van der Waals surface area contributed by atoms with Gasteiger partial charge < -0.3 is 5.32 Å². The van der Waals surface area contributed by atoms with Crippen LogP contribution in [0.2, 0.25) is 0 Å². The molecule has 0 spiro atoms. The third-order valence-corrected chi connectivity index (χ3v) is 5.94. The van der Waals surface area contributed by atoms with Crippen molar-refractivity contribution >= 4 is 38.8 Å². The van der Waals surface area contributed by atoms with E-state index in [1.54, 1.807) is 22.9 Å². The van der Waals surface area contributed by atoms with Gasteiger partial charge in [0.2, 0.25) is 5.13 Å². The van der Waals surface area contributed by atoms with Gasteiger partial charge in [-0.3, -0.25) is 4.79 Å². The fraction of sp³-hybridized carbons (Fsp3) is 0.190. The Morgan fingerprint density at radius 1 is 1.14 bits per heavy atom. The number of ketones is 1. The summed E-state index contributed by atoms with van der Waals surface area (Å²) in [5, 5.41) is 8.37. The summed E-state index contributed by atoms with van der Waals surface area (Å²) in [4.78, 5) is 17.5. The van der Waals surface area contributed by atoms with E-state index in [0.29, 0.717) is 28.6 Å². The molecule has 0 saturated carbocycles. The molecular weight excluding hydrogens is 375 g/mol. The summed E-state index contributed by atoms with van der Waals surface area (Å²) < 4.78 is 16.9. The zero-order valence-electron chi connectivity index (χ0n) is 15.1. The van der Waals surface area contributed by atoms with Crippen LogP contribution in [0.3, 0.4) is 0 Å².